The topological polar surface area (TPSA) is 54.4 Å². The second-order valence-corrected chi connectivity index (χ2v) is 3.01. The molecule has 63 valence electrons. The van der Waals surface area contributed by atoms with Crippen molar-refractivity contribution in [3.05, 3.63) is 6.92 Å². The maximum atomic E-state index is 10.8. The van der Waals surface area contributed by atoms with Gasteiger partial charge < -0.3 is 5.11 Å². The van der Waals surface area contributed by atoms with Crippen LogP contribution in [0.3, 0.4) is 0 Å². The molecular weight excluding hydrogens is 144 g/mol. The lowest BCUT2D eigenvalue weighted by Crippen LogP contribution is -2.22. The molecule has 11 heavy (non-hydrogen) atoms. The smallest absolute Gasteiger partial charge is 0.303 e. The van der Waals surface area contributed by atoms with Crippen LogP contribution >= 0.6 is 0 Å². The number of hydrogen-bond donors (Lipinski definition) is 1. The zero-order valence-electron chi connectivity index (χ0n) is 6.89. The summed E-state index contributed by atoms with van der Waals surface area (Å²) >= 11 is 0. The van der Waals surface area contributed by atoms with Crippen molar-refractivity contribution >= 4 is 11.8 Å². The van der Waals surface area contributed by atoms with E-state index in [9.17, 15) is 9.59 Å². The van der Waals surface area contributed by atoms with Gasteiger partial charge in [-0.3, -0.25) is 9.59 Å². The minimum absolute atomic E-state index is 0.000417. The average Bonchev–Trinajstić information content (AvgIpc) is 1.84. The predicted octanol–water partition coefficient (Wildman–Crippen LogP) is 1.28. The molecule has 0 spiro atoms. The van der Waals surface area contributed by atoms with Crippen LogP contribution in [0.15, 0.2) is 0 Å². The molecule has 1 radical (unpaired) electrons. The molecule has 0 rings (SSSR count). The summed E-state index contributed by atoms with van der Waals surface area (Å²) in [5, 5.41) is 8.32. The Morgan fingerprint density at radius 3 is 2.27 bits per heavy atom. The maximum absolute atomic E-state index is 10.8. The molecule has 0 aromatic carbocycles. The summed E-state index contributed by atoms with van der Waals surface area (Å²) in [7, 11) is 0. The normalized spacial score (nSPS) is 11.2. The van der Waals surface area contributed by atoms with Crippen molar-refractivity contribution in [1.82, 2.24) is 0 Å². The van der Waals surface area contributed by atoms with Gasteiger partial charge in [0.15, 0.2) is 0 Å². The third-order valence-corrected chi connectivity index (χ3v) is 1.74. The van der Waals surface area contributed by atoms with Crippen LogP contribution < -0.4 is 0 Å². The Morgan fingerprint density at radius 2 is 2.00 bits per heavy atom. The number of carboxylic acids is 1. The van der Waals surface area contributed by atoms with Gasteiger partial charge in [0.1, 0.15) is 5.78 Å². The van der Waals surface area contributed by atoms with E-state index in [4.69, 9.17) is 5.11 Å². The minimum atomic E-state index is -0.888. The number of carboxylic acid groups (broad SMARTS) is 1. The predicted molar refractivity (Wildman–Crippen MR) is 41.0 cm³/mol. The molecule has 0 saturated carbocycles. The van der Waals surface area contributed by atoms with E-state index in [1.54, 1.807) is 6.92 Å². The van der Waals surface area contributed by atoms with Crippen molar-refractivity contribution in [3.8, 4) is 0 Å². The van der Waals surface area contributed by atoms with E-state index in [0.29, 0.717) is 6.42 Å². The number of rotatable bonds is 4. The average molecular weight is 157 g/mol. The molecular formula is C8H13O3. The Kier molecular flexibility index (Phi) is 3.23. The fraction of sp³-hybridized carbons (Fsp3) is 0.625. The van der Waals surface area contributed by atoms with Crippen molar-refractivity contribution in [2.75, 3.05) is 0 Å². The highest BCUT2D eigenvalue weighted by molar-refractivity contribution is 5.83. The molecule has 0 saturated heterocycles. The SMILES string of the molecule is [CH2]C(C)(CCC(=O)O)C(C)=O. The van der Waals surface area contributed by atoms with Crippen LogP contribution in [-0.2, 0) is 9.59 Å². The Hall–Kier alpha value is -0.860. The third kappa shape index (κ3) is 3.75. The van der Waals surface area contributed by atoms with Crippen molar-refractivity contribution in [2.45, 2.75) is 26.7 Å². The van der Waals surface area contributed by atoms with E-state index in [2.05, 4.69) is 6.92 Å². The van der Waals surface area contributed by atoms with Gasteiger partial charge in [0, 0.05) is 11.8 Å². The molecule has 0 aliphatic rings. The summed E-state index contributed by atoms with van der Waals surface area (Å²) in [4.78, 5) is 21.0. The van der Waals surface area contributed by atoms with Gasteiger partial charge in [-0.1, -0.05) is 6.92 Å². The molecule has 1 N–H and O–H groups in total. The van der Waals surface area contributed by atoms with Crippen LogP contribution in [0.5, 0.6) is 0 Å². The van der Waals surface area contributed by atoms with E-state index >= 15 is 0 Å². The number of aliphatic carboxylic acids is 1. The van der Waals surface area contributed by atoms with Gasteiger partial charge in [-0.2, -0.15) is 0 Å². The van der Waals surface area contributed by atoms with E-state index in [0.717, 1.165) is 0 Å². The lowest BCUT2D eigenvalue weighted by atomic mass is 9.84. The van der Waals surface area contributed by atoms with Crippen LogP contribution in [0.4, 0.5) is 0 Å². The lowest BCUT2D eigenvalue weighted by Gasteiger charge is -2.18. The van der Waals surface area contributed by atoms with E-state index < -0.39 is 11.4 Å². The summed E-state index contributed by atoms with van der Waals surface area (Å²) in [6.07, 6.45) is 0.303. The highest BCUT2D eigenvalue weighted by Gasteiger charge is 2.24. The molecule has 0 aliphatic carbocycles. The van der Waals surface area contributed by atoms with Gasteiger partial charge in [0.05, 0.1) is 0 Å². The molecule has 0 aromatic heterocycles. The first-order valence-corrected chi connectivity index (χ1v) is 3.44. The monoisotopic (exact) mass is 157 g/mol. The van der Waals surface area contributed by atoms with Gasteiger partial charge >= 0.3 is 5.97 Å². The van der Waals surface area contributed by atoms with Crippen molar-refractivity contribution < 1.29 is 14.7 Å². The summed E-state index contributed by atoms with van der Waals surface area (Å²) in [6, 6.07) is 0. The Morgan fingerprint density at radius 1 is 1.55 bits per heavy atom. The van der Waals surface area contributed by atoms with Crippen molar-refractivity contribution in [2.24, 2.45) is 5.41 Å². The summed E-state index contributed by atoms with van der Waals surface area (Å²) in [5.74, 6) is -0.958. The number of carbonyl (C=O) groups excluding carboxylic acids is 1. The molecule has 0 bridgehead atoms. The third-order valence-electron chi connectivity index (χ3n) is 1.74. The number of Topliss-reactive ketones (excluding diaryl/α,β-unsaturated/α-hetero) is 1. The van der Waals surface area contributed by atoms with Crippen LogP contribution in [0, 0.1) is 12.3 Å². The van der Waals surface area contributed by atoms with Crippen LogP contribution in [0.25, 0.3) is 0 Å². The maximum Gasteiger partial charge on any atom is 0.303 e. The van der Waals surface area contributed by atoms with Gasteiger partial charge in [0.25, 0.3) is 0 Å². The zero-order chi connectivity index (χ0) is 9.07. The van der Waals surface area contributed by atoms with Crippen LogP contribution in [-0.4, -0.2) is 16.9 Å². The zero-order valence-corrected chi connectivity index (χ0v) is 6.89. The lowest BCUT2D eigenvalue weighted by molar-refractivity contribution is -0.137. The summed E-state index contributed by atoms with van der Waals surface area (Å²) in [6.45, 7) is 6.71. The molecule has 0 aliphatic heterocycles. The fourth-order valence-corrected chi connectivity index (χ4v) is 0.559. The summed E-state index contributed by atoms with van der Waals surface area (Å²) in [5.41, 5.74) is -0.738. The van der Waals surface area contributed by atoms with E-state index in [1.807, 2.05) is 0 Å². The highest BCUT2D eigenvalue weighted by Crippen LogP contribution is 2.22. The van der Waals surface area contributed by atoms with Gasteiger partial charge in [0.2, 0.25) is 0 Å². The molecule has 0 heterocycles. The summed E-state index contributed by atoms with van der Waals surface area (Å²) < 4.78 is 0. The molecule has 1 unspecified atom stereocenters. The standard InChI is InChI=1S/C8H13O3/c1-6(9)8(2,3)5-4-7(10)11/h2,4-5H2,1,3H3,(H,10,11). The Balaban J connectivity index is 3.92. The van der Waals surface area contributed by atoms with Crippen molar-refractivity contribution in [1.29, 1.82) is 0 Å². The molecule has 0 fully saturated rings. The molecule has 1 atom stereocenters. The number of ketones is 1. The number of carbonyl (C=O) groups is 2. The molecule has 3 heteroatoms. The highest BCUT2D eigenvalue weighted by atomic mass is 16.4. The molecule has 0 amide bonds. The van der Waals surface area contributed by atoms with E-state index in [-0.39, 0.29) is 12.2 Å². The number of hydrogen-bond acceptors (Lipinski definition) is 2. The van der Waals surface area contributed by atoms with Gasteiger partial charge in [-0.25, -0.2) is 0 Å². The fourth-order valence-electron chi connectivity index (χ4n) is 0.559. The quantitative estimate of drug-likeness (QED) is 0.668. The Labute approximate surface area is 66.4 Å². The second kappa shape index (κ2) is 3.51. The van der Waals surface area contributed by atoms with E-state index in [1.165, 1.54) is 6.92 Å². The van der Waals surface area contributed by atoms with Crippen LogP contribution in [0.2, 0.25) is 0 Å². The molecule has 0 aromatic rings. The van der Waals surface area contributed by atoms with Gasteiger partial charge in [-0.15, -0.1) is 0 Å². The van der Waals surface area contributed by atoms with Crippen LogP contribution in [0.1, 0.15) is 26.7 Å². The largest absolute Gasteiger partial charge is 0.481 e. The Bertz CT molecular complexity index is 170. The minimum Gasteiger partial charge on any atom is -0.481 e. The first-order valence-electron chi connectivity index (χ1n) is 3.44. The first kappa shape index (κ1) is 10.1. The second-order valence-electron chi connectivity index (χ2n) is 3.01. The molecule has 3 nitrogen and oxygen atoms in total. The van der Waals surface area contributed by atoms with Crippen molar-refractivity contribution in [3.63, 3.8) is 0 Å². The van der Waals surface area contributed by atoms with Gasteiger partial charge in [-0.05, 0) is 20.3 Å². The first-order chi connectivity index (χ1) is 4.86.